The van der Waals surface area contributed by atoms with Crippen LogP contribution in [0, 0.1) is 0 Å². The third-order valence-corrected chi connectivity index (χ3v) is 8.83. The maximum absolute atomic E-state index is 13.8. The van der Waals surface area contributed by atoms with Gasteiger partial charge in [-0.25, -0.2) is 9.59 Å². The highest BCUT2D eigenvalue weighted by atomic mass is 32.1. The molecule has 0 aliphatic carbocycles. The number of aryl methyl sites for hydroxylation is 1. The number of carbonyl (C=O) groups excluding carboxylic acids is 1. The molecule has 0 unspecified atom stereocenters. The molecule has 0 atom stereocenters. The van der Waals surface area contributed by atoms with Crippen molar-refractivity contribution in [2.75, 3.05) is 0 Å². The maximum Gasteiger partial charge on any atom is 0.439 e. The molecule has 4 heterocycles. The average Bonchev–Trinajstić information content (AvgIpc) is 3.80. The molecule has 7 aromatic rings. The first kappa shape index (κ1) is 27.3. The largest absolute Gasteiger partial charge is 0.453 e. The number of H-pyrrole nitrogens is 1. The fraction of sp³-hybridized carbons (Fsp3) is 0.121. The van der Waals surface area contributed by atoms with Crippen molar-refractivity contribution < 1.29 is 13.7 Å². The van der Waals surface area contributed by atoms with Gasteiger partial charge in [0, 0.05) is 15.8 Å². The summed E-state index contributed by atoms with van der Waals surface area (Å²) in [6.07, 6.45) is 0.704. The van der Waals surface area contributed by atoms with Crippen LogP contribution in [-0.4, -0.2) is 25.1 Å². The summed E-state index contributed by atoms with van der Waals surface area (Å²) in [4.78, 5) is 56.2. The summed E-state index contributed by atoms with van der Waals surface area (Å²) in [6.45, 7) is 1.74. The number of carbonyl (C=O) groups is 1. The maximum atomic E-state index is 13.8. The Bertz CT molecular complexity index is 2340. The molecular weight excluding hydrogens is 580 g/mol. The summed E-state index contributed by atoms with van der Waals surface area (Å²) in [5.41, 5.74) is 2.73. The Balaban J connectivity index is 1.25. The summed E-state index contributed by atoms with van der Waals surface area (Å²) in [6, 6.07) is 25.8. The average molecular weight is 605 g/mol. The highest BCUT2D eigenvalue weighted by Gasteiger charge is 2.21. The second-order valence-electron chi connectivity index (χ2n) is 10.3. The molecule has 0 saturated carbocycles. The molecule has 0 aliphatic heterocycles. The molecule has 1 N–H and O–H groups in total. The van der Waals surface area contributed by atoms with E-state index in [-0.39, 0.29) is 12.3 Å². The highest BCUT2D eigenvalue weighted by molar-refractivity contribution is 7.18. The lowest BCUT2D eigenvalue weighted by Gasteiger charge is -2.12. The van der Waals surface area contributed by atoms with Gasteiger partial charge in [0.05, 0.1) is 18.5 Å². The van der Waals surface area contributed by atoms with Crippen molar-refractivity contribution in [3.8, 4) is 22.5 Å². The van der Waals surface area contributed by atoms with Crippen molar-refractivity contribution in [2.45, 2.75) is 26.4 Å². The van der Waals surface area contributed by atoms with E-state index in [9.17, 15) is 19.2 Å². The Kier molecular flexibility index (Phi) is 6.78. The van der Waals surface area contributed by atoms with Gasteiger partial charge in [-0.2, -0.15) is 0 Å². The highest BCUT2D eigenvalue weighted by Crippen LogP contribution is 2.30. The Morgan fingerprint density at radius 3 is 2.39 bits per heavy atom. The third kappa shape index (κ3) is 4.82. The van der Waals surface area contributed by atoms with Gasteiger partial charge in [-0.15, -0.1) is 11.3 Å². The molecule has 4 aromatic heterocycles. The normalized spacial score (nSPS) is 11.5. The van der Waals surface area contributed by atoms with Gasteiger partial charge in [-0.3, -0.25) is 28.2 Å². The Labute approximate surface area is 252 Å². The lowest BCUT2D eigenvalue weighted by molar-refractivity contribution is 0.0944. The van der Waals surface area contributed by atoms with Gasteiger partial charge in [-0.05, 0) is 41.3 Å². The number of rotatable bonds is 8. The van der Waals surface area contributed by atoms with Gasteiger partial charge in [0.1, 0.15) is 10.4 Å². The number of para-hydroxylation sites is 1. The van der Waals surface area contributed by atoms with Crippen LogP contribution in [0.25, 0.3) is 43.7 Å². The smallest absolute Gasteiger partial charge is 0.439 e. The van der Waals surface area contributed by atoms with Gasteiger partial charge >= 0.3 is 11.4 Å². The van der Waals surface area contributed by atoms with Crippen LogP contribution >= 0.6 is 11.3 Å². The third-order valence-electron chi connectivity index (χ3n) is 7.52. The van der Waals surface area contributed by atoms with Crippen LogP contribution in [0.3, 0.4) is 0 Å². The summed E-state index contributed by atoms with van der Waals surface area (Å²) < 4.78 is 12.9. The molecule has 0 fully saturated rings. The molecule has 0 saturated heterocycles. The fourth-order valence-corrected chi connectivity index (χ4v) is 6.38. The zero-order valence-electron chi connectivity index (χ0n) is 23.4. The second-order valence-corrected chi connectivity index (χ2v) is 11.4. The van der Waals surface area contributed by atoms with E-state index in [4.69, 9.17) is 4.42 Å². The molecule has 0 spiro atoms. The lowest BCUT2D eigenvalue weighted by Crippen LogP contribution is -2.41. The van der Waals surface area contributed by atoms with Crippen molar-refractivity contribution in [2.24, 2.45) is 0 Å². The minimum atomic E-state index is -0.637. The molecule has 7 rings (SSSR count). The van der Waals surface area contributed by atoms with Crippen molar-refractivity contribution in [1.29, 1.82) is 0 Å². The van der Waals surface area contributed by atoms with Crippen LogP contribution < -0.4 is 17.0 Å². The van der Waals surface area contributed by atoms with E-state index in [1.165, 1.54) is 11.3 Å². The Morgan fingerprint density at radius 1 is 0.909 bits per heavy atom. The van der Waals surface area contributed by atoms with Gasteiger partial charge in [0.25, 0.3) is 5.56 Å². The Hall–Kier alpha value is -5.55. The quantitative estimate of drug-likeness (QED) is 0.227. The van der Waals surface area contributed by atoms with Crippen molar-refractivity contribution in [3.05, 3.63) is 133 Å². The number of nitrogens with one attached hydrogen (secondary N) is 1. The standard InChI is InChI=1S/C33H24N4O6S/c1-2-22-16-25-30(39)36(18-26(38)28-15-21-7-3-6-10-27(21)42-28)33(41)37(31(25)44-22)17-19-11-13-20(14-12-19)23-8-4-5-9-24(23)29-34-32(40)43-35-29/h3-16H,2,17-18H2,1H3,(H,34,35,40). The number of fused-ring (bicyclic) bond motifs is 2. The summed E-state index contributed by atoms with van der Waals surface area (Å²) in [5.74, 6) is -0.683. The summed E-state index contributed by atoms with van der Waals surface area (Å²) in [5, 5.41) is 4.99. The summed E-state index contributed by atoms with van der Waals surface area (Å²) >= 11 is 1.40. The number of hydrogen-bond donors (Lipinski definition) is 1. The lowest BCUT2D eigenvalue weighted by atomic mass is 9.98. The van der Waals surface area contributed by atoms with Crippen LogP contribution in [0.2, 0.25) is 0 Å². The molecule has 0 aliphatic rings. The molecular formula is C33H24N4O6S. The molecule has 218 valence electrons. The van der Waals surface area contributed by atoms with Crippen LogP contribution in [0.4, 0.5) is 0 Å². The minimum absolute atomic E-state index is 0.0919. The molecule has 0 radical (unpaired) electrons. The summed E-state index contributed by atoms with van der Waals surface area (Å²) in [7, 11) is 0. The zero-order chi connectivity index (χ0) is 30.4. The number of furan rings is 1. The van der Waals surface area contributed by atoms with E-state index < -0.39 is 29.3 Å². The predicted molar refractivity (Wildman–Crippen MR) is 167 cm³/mol. The van der Waals surface area contributed by atoms with Gasteiger partial charge in [0.15, 0.2) is 11.6 Å². The topological polar surface area (TPSA) is 133 Å². The first-order chi connectivity index (χ1) is 21.4. The van der Waals surface area contributed by atoms with E-state index in [0.717, 1.165) is 31.5 Å². The molecule has 0 amide bonds. The van der Waals surface area contributed by atoms with E-state index in [2.05, 4.69) is 14.7 Å². The molecule has 3 aromatic carbocycles. The van der Waals surface area contributed by atoms with Gasteiger partial charge in [-0.1, -0.05) is 78.8 Å². The number of aromatic amines is 1. The number of aromatic nitrogens is 4. The van der Waals surface area contributed by atoms with E-state index >= 15 is 0 Å². The molecule has 11 heteroatoms. The number of nitrogens with zero attached hydrogens (tertiary/aromatic N) is 3. The zero-order valence-corrected chi connectivity index (χ0v) is 24.2. The fourth-order valence-electron chi connectivity index (χ4n) is 5.30. The number of thiophene rings is 1. The number of hydrogen-bond acceptors (Lipinski definition) is 8. The number of Topliss-reactive ketones (excluding diaryl/α,β-unsaturated/α-hetero) is 1. The first-order valence-electron chi connectivity index (χ1n) is 13.9. The number of ketones is 1. The van der Waals surface area contributed by atoms with Crippen LogP contribution in [0.5, 0.6) is 0 Å². The minimum Gasteiger partial charge on any atom is -0.453 e. The predicted octanol–water partition coefficient (Wildman–Crippen LogP) is 5.47. The first-order valence-corrected chi connectivity index (χ1v) is 14.7. The monoisotopic (exact) mass is 604 g/mol. The van der Waals surface area contributed by atoms with Crippen LogP contribution in [0.15, 0.2) is 108 Å². The van der Waals surface area contributed by atoms with Crippen LogP contribution in [0.1, 0.15) is 27.9 Å². The van der Waals surface area contributed by atoms with E-state index in [0.29, 0.717) is 33.6 Å². The van der Waals surface area contributed by atoms with E-state index in [1.807, 2.05) is 73.7 Å². The van der Waals surface area contributed by atoms with Crippen LogP contribution in [-0.2, 0) is 19.5 Å². The molecule has 10 nitrogen and oxygen atoms in total. The molecule has 0 bridgehead atoms. The van der Waals surface area contributed by atoms with Crippen molar-refractivity contribution in [1.82, 2.24) is 19.3 Å². The van der Waals surface area contributed by atoms with E-state index in [1.54, 1.807) is 22.8 Å². The molecule has 44 heavy (non-hydrogen) atoms. The van der Waals surface area contributed by atoms with Gasteiger partial charge in [0.2, 0.25) is 5.78 Å². The Morgan fingerprint density at radius 2 is 1.66 bits per heavy atom. The van der Waals surface area contributed by atoms with Crippen molar-refractivity contribution in [3.63, 3.8) is 0 Å². The SMILES string of the molecule is CCc1cc2c(=O)n(CC(=O)c3cc4ccccc4o3)c(=O)n(Cc3ccc(-c4ccccc4-c4noc(=O)[nH]4)cc3)c2s1. The number of benzene rings is 3. The van der Waals surface area contributed by atoms with Crippen molar-refractivity contribution >= 4 is 38.3 Å². The second kappa shape index (κ2) is 10.9. The van der Waals surface area contributed by atoms with Gasteiger partial charge < -0.3 is 4.42 Å².